The molecule has 0 bridgehead atoms. The maximum absolute atomic E-state index is 12.2. The smallest absolute Gasteiger partial charge is 0.267 e. The number of hydrogen-bond donors (Lipinski definition) is 1. The molecule has 3 rings (SSSR count). The highest BCUT2D eigenvalue weighted by atomic mass is 32.1. The number of ether oxygens (including phenoxy) is 1. The van der Waals surface area contributed by atoms with Crippen molar-refractivity contribution in [2.24, 2.45) is 0 Å². The topological polar surface area (TPSA) is 54.5 Å². The van der Waals surface area contributed by atoms with Gasteiger partial charge in [0.2, 0.25) is 0 Å². The lowest BCUT2D eigenvalue weighted by Crippen LogP contribution is -2.44. The van der Waals surface area contributed by atoms with Crippen molar-refractivity contribution in [3.63, 3.8) is 0 Å². The summed E-state index contributed by atoms with van der Waals surface area (Å²) in [6, 6.07) is 1.95. The zero-order valence-corrected chi connectivity index (χ0v) is 15.2. The summed E-state index contributed by atoms with van der Waals surface area (Å²) in [4.78, 5) is 19.9. The molecule has 2 aromatic rings. The molecule has 5 nitrogen and oxygen atoms in total. The first-order chi connectivity index (χ1) is 11.0. The van der Waals surface area contributed by atoms with Gasteiger partial charge in [0, 0.05) is 25.0 Å². The van der Waals surface area contributed by atoms with E-state index in [-0.39, 0.29) is 18.1 Å². The Balaban J connectivity index is 1.60. The Bertz CT molecular complexity index is 672. The summed E-state index contributed by atoms with van der Waals surface area (Å²) in [6.45, 7) is 8.76. The van der Waals surface area contributed by atoms with E-state index in [9.17, 15) is 4.79 Å². The first-order valence-corrected chi connectivity index (χ1v) is 9.45. The van der Waals surface area contributed by atoms with E-state index in [1.54, 1.807) is 0 Å². The van der Waals surface area contributed by atoms with E-state index in [1.165, 1.54) is 22.7 Å². The summed E-state index contributed by atoms with van der Waals surface area (Å²) in [6.07, 6.45) is 0.497. The van der Waals surface area contributed by atoms with E-state index in [1.807, 2.05) is 23.8 Å². The predicted octanol–water partition coefficient (Wildman–Crippen LogP) is 3.37. The van der Waals surface area contributed by atoms with Crippen LogP contribution >= 0.6 is 22.7 Å². The van der Waals surface area contributed by atoms with Gasteiger partial charge in [0.25, 0.3) is 5.91 Å². The van der Waals surface area contributed by atoms with Gasteiger partial charge in [0.1, 0.15) is 0 Å². The van der Waals surface area contributed by atoms with Gasteiger partial charge in [-0.05, 0) is 37.8 Å². The Kier molecular flexibility index (Phi) is 5.11. The number of nitrogens with zero attached hydrogens (tertiary/aromatic N) is 2. The fourth-order valence-corrected chi connectivity index (χ4v) is 4.36. The van der Waals surface area contributed by atoms with Gasteiger partial charge in [-0.2, -0.15) is 0 Å². The number of aromatic nitrogens is 1. The van der Waals surface area contributed by atoms with E-state index >= 15 is 0 Å². The van der Waals surface area contributed by atoms with Crippen molar-refractivity contribution in [3.05, 3.63) is 33.0 Å². The van der Waals surface area contributed by atoms with Crippen molar-refractivity contribution in [1.29, 1.82) is 0 Å². The van der Waals surface area contributed by atoms with Crippen LogP contribution in [0.4, 0.5) is 5.13 Å². The zero-order valence-electron chi connectivity index (χ0n) is 13.5. The fourth-order valence-electron chi connectivity index (χ4n) is 2.84. The van der Waals surface area contributed by atoms with Gasteiger partial charge in [0.15, 0.2) is 5.13 Å². The number of carbonyl (C=O) groups is 1. The molecular weight excluding hydrogens is 330 g/mol. The molecule has 1 N–H and O–H groups in total. The molecule has 7 heteroatoms. The first-order valence-electron chi connectivity index (χ1n) is 7.69. The number of morpholine rings is 1. The Hall–Kier alpha value is -1.28. The standard InChI is InChI=1S/C16H21N3O2S2/c1-10-4-5-22-14(10)15(20)18-16-17-13(9-23-16)8-19-6-11(2)21-12(3)7-19/h4-5,9,11-12H,6-8H2,1-3H3,(H,17,18,20). The van der Waals surface area contributed by atoms with Crippen LogP contribution in [0.5, 0.6) is 0 Å². The molecule has 0 spiro atoms. The Labute approximate surface area is 144 Å². The lowest BCUT2D eigenvalue weighted by Gasteiger charge is -2.34. The maximum atomic E-state index is 12.2. The first kappa shape index (κ1) is 16.6. The van der Waals surface area contributed by atoms with Crippen LogP contribution in [-0.2, 0) is 11.3 Å². The SMILES string of the molecule is Cc1ccsc1C(=O)Nc1nc(CN2CC(C)OC(C)C2)cs1. The number of aryl methyl sites for hydroxylation is 1. The van der Waals surface area contributed by atoms with E-state index in [4.69, 9.17) is 4.74 Å². The largest absolute Gasteiger partial charge is 0.373 e. The summed E-state index contributed by atoms with van der Waals surface area (Å²) in [5.74, 6) is -0.0768. The zero-order chi connectivity index (χ0) is 16.4. The highest BCUT2D eigenvalue weighted by molar-refractivity contribution is 7.14. The second-order valence-electron chi connectivity index (χ2n) is 5.98. The van der Waals surface area contributed by atoms with Crippen LogP contribution in [0.3, 0.4) is 0 Å². The molecule has 1 aliphatic rings. The molecule has 3 heterocycles. The van der Waals surface area contributed by atoms with Crippen molar-refractivity contribution < 1.29 is 9.53 Å². The minimum Gasteiger partial charge on any atom is -0.373 e. The third-order valence-corrected chi connectivity index (χ3v) is 5.54. The summed E-state index contributed by atoms with van der Waals surface area (Å²) in [7, 11) is 0. The summed E-state index contributed by atoms with van der Waals surface area (Å²) in [5.41, 5.74) is 2.00. The molecule has 2 aromatic heterocycles. The summed E-state index contributed by atoms with van der Waals surface area (Å²) in [5, 5.41) is 7.50. The highest BCUT2D eigenvalue weighted by Crippen LogP contribution is 2.22. The summed E-state index contributed by atoms with van der Waals surface area (Å²) < 4.78 is 5.75. The molecule has 1 saturated heterocycles. The molecule has 0 aliphatic carbocycles. The molecule has 1 aliphatic heterocycles. The fraction of sp³-hybridized carbons (Fsp3) is 0.500. The van der Waals surface area contributed by atoms with Crippen molar-refractivity contribution in [1.82, 2.24) is 9.88 Å². The van der Waals surface area contributed by atoms with Gasteiger partial charge in [-0.25, -0.2) is 4.98 Å². The molecule has 124 valence electrons. The molecule has 1 fully saturated rings. The van der Waals surface area contributed by atoms with Gasteiger partial charge in [-0.3, -0.25) is 15.0 Å². The lowest BCUT2D eigenvalue weighted by molar-refractivity contribution is -0.0707. The number of thiophene rings is 1. The maximum Gasteiger partial charge on any atom is 0.267 e. The van der Waals surface area contributed by atoms with Crippen LogP contribution in [0.1, 0.15) is 34.8 Å². The quantitative estimate of drug-likeness (QED) is 0.917. The van der Waals surface area contributed by atoms with Gasteiger partial charge >= 0.3 is 0 Å². The van der Waals surface area contributed by atoms with Crippen molar-refractivity contribution in [3.8, 4) is 0 Å². The normalized spacial score (nSPS) is 22.2. The predicted molar refractivity (Wildman–Crippen MR) is 94.4 cm³/mol. The van der Waals surface area contributed by atoms with Gasteiger partial charge in [0.05, 0.1) is 22.8 Å². The minimum absolute atomic E-state index is 0.0768. The van der Waals surface area contributed by atoms with Gasteiger partial charge in [-0.1, -0.05) is 0 Å². The highest BCUT2D eigenvalue weighted by Gasteiger charge is 2.23. The van der Waals surface area contributed by atoms with Crippen LogP contribution in [0, 0.1) is 6.92 Å². The van der Waals surface area contributed by atoms with E-state index < -0.39 is 0 Å². The number of carbonyl (C=O) groups excluding carboxylic acids is 1. The summed E-state index contributed by atoms with van der Waals surface area (Å²) >= 11 is 2.93. The molecule has 0 radical (unpaired) electrons. The Morgan fingerprint density at radius 3 is 2.78 bits per heavy atom. The number of amides is 1. The lowest BCUT2D eigenvalue weighted by atomic mass is 10.2. The van der Waals surface area contributed by atoms with Crippen LogP contribution < -0.4 is 5.32 Å². The molecule has 1 amide bonds. The Morgan fingerprint density at radius 2 is 2.13 bits per heavy atom. The number of rotatable bonds is 4. The van der Waals surface area contributed by atoms with E-state index in [2.05, 4.69) is 29.0 Å². The average molecular weight is 351 g/mol. The average Bonchev–Trinajstić information content (AvgIpc) is 3.07. The van der Waals surface area contributed by atoms with E-state index in [0.29, 0.717) is 5.13 Å². The third-order valence-electron chi connectivity index (χ3n) is 3.72. The van der Waals surface area contributed by atoms with Crippen LogP contribution in [0.15, 0.2) is 16.8 Å². The van der Waals surface area contributed by atoms with Crippen molar-refractivity contribution >= 4 is 33.7 Å². The van der Waals surface area contributed by atoms with Gasteiger partial charge in [-0.15, -0.1) is 22.7 Å². The minimum atomic E-state index is -0.0768. The number of nitrogens with one attached hydrogen (secondary N) is 1. The monoisotopic (exact) mass is 351 g/mol. The second-order valence-corrected chi connectivity index (χ2v) is 7.76. The van der Waals surface area contributed by atoms with Crippen LogP contribution in [-0.4, -0.2) is 41.1 Å². The second kappa shape index (κ2) is 7.09. The molecule has 23 heavy (non-hydrogen) atoms. The van der Waals surface area contributed by atoms with Crippen LogP contribution in [0.25, 0.3) is 0 Å². The molecular formula is C16H21N3O2S2. The van der Waals surface area contributed by atoms with Crippen molar-refractivity contribution in [2.45, 2.75) is 39.5 Å². The van der Waals surface area contributed by atoms with Gasteiger partial charge < -0.3 is 4.74 Å². The third kappa shape index (κ3) is 4.17. The van der Waals surface area contributed by atoms with Crippen molar-refractivity contribution in [2.75, 3.05) is 18.4 Å². The number of anilines is 1. The Morgan fingerprint density at radius 1 is 1.39 bits per heavy atom. The van der Waals surface area contributed by atoms with E-state index in [0.717, 1.165) is 35.8 Å². The molecule has 2 atom stereocenters. The molecule has 0 saturated carbocycles. The number of hydrogen-bond acceptors (Lipinski definition) is 6. The molecule has 0 aromatic carbocycles. The van der Waals surface area contributed by atoms with Crippen LogP contribution in [0.2, 0.25) is 0 Å². The molecule has 2 unspecified atom stereocenters. The number of thiazole rings is 1.